The van der Waals surface area contributed by atoms with Crippen LogP contribution in [0, 0.1) is 0 Å². The number of sulfonamides is 1. The molecule has 1 unspecified atom stereocenters. The van der Waals surface area contributed by atoms with Gasteiger partial charge in [0.05, 0.1) is 4.90 Å². The van der Waals surface area contributed by atoms with Crippen LogP contribution in [0.1, 0.15) is 35.5 Å². The lowest BCUT2D eigenvalue weighted by Gasteiger charge is -2.12. The fourth-order valence-corrected chi connectivity index (χ4v) is 3.66. The van der Waals surface area contributed by atoms with Crippen molar-refractivity contribution >= 4 is 27.3 Å². The number of thiophene rings is 1. The predicted octanol–water partition coefficient (Wildman–Crippen LogP) is 2.75. The second-order valence-corrected chi connectivity index (χ2v) is 8.01. The van der Waals surface area contributed by atoms with Gasteiger partial charge in [0.2, 0.25) is 10.0 Å². The molecule has 124 valence electrons. The molecule has 0 bridgehead atoms. The van der Waals surface area contributed by atoms with Crippen LogP contribution in [0.4, 0.5) is 0 Å². The van der Waals surface area contributed by atoms with Crippen molar-refractivity contribution in [2.45, 2.75) is 37.8 Å². The van der Waals surface area contributed by atoms with Crippen molar-refractivity contribution in [3.8, 4) is 0 Å². The lowest BCUT2D eigenvalue weighted by Crippen LogP contribution is -2.32. The highest BCUT2D eigenvalue weighted by Gasteiger charge is 2.16. The number of amides is 1. The number of carbonyl (C=O) groups is 1. The Labute approximate surface area is 140 Å². The maximum Gasteiger partial charge on any atom is 0.251 e. The molecule has 0 aliphatic carbocycles. The molecule has 1 aromatic heterocycles. The minimum atomic E-state index is -3.65. The number of hydrogen-bond acceptors (Lipinski definition) is 4. The van der Waals surface area contributed by atoms with Crippen molar-refractivity contribution < 1.29 is 13.2 Å². The van der Waals surface area contributed by atoms with Crippen LogP contribution >= 0.6 is 11.3 Å². The molecular formula is C16H20N2O3S2. The molecule has 0 saturated heterocycles. The summed E-state index contributed by atoms with van der Waals surface area (Å²) in [5.74, 6) is -0.269. The maximum absolute atomic E-state index is 12.3. The minimum Gasteiger partial charge on any atom is -0.350 e. The molecule has 1 aromatic carbocycles. The van der Waals surface area contributed by atoms with Crippen molar-refractivity contribution in [3.63, 3.8) is 0 Å². The molecule has 0 fully saturated rings. The molecule has 1 amide bonds. The van der Waals surface area contributed by atoms with Crippen LogP contribution in [0.5, 0.6) is 0 Å². The van der Waals surface area contributed by atoms with E-state index in [2.05, 4.69) is 10.0 Å². The first-order chi connectivity index (χ1) is 10.9. The smallest absolute Gasteiger partial charge is 0.251 e. The van der Waals surface area contributed by atoms with E-state index < -0.39 is 10.0 Å². The zero-order valence-corrected chi connectivity index (χ0v) is 14.7. The summed E-state index contributed by atoms with van der Waals surface area (Å²) in [4.78, 5) is 13.1. The van der Waals surface area contributed by atoms with Gasteiger partial charge in [-0.2, -0.15) is 0 Å². The number of benzene rings is 1. The van der Waals surface area contributed by atoms with Gasteiger partial charge in [0.15, 0.2) is 0 Å². The van der Waals surface area contributed by atoms with Crippen LogP contribution in [0.15, 0.2) is 46.7 Å². The molecule has 2 N–H and O–H groups in total. The fourth-order valence-electron chi connectivity index (χ4n) is 1.88. The maximum atomic E-state index is 12.3. The Morgan fingerprint density at radius 3 is 2.70 bits per heavy atom. The molecule has 2 rings (SSSR count). The molecule has 7 heteroatoms. The third-order valence-electron chi connectivity index (χ3n) is 3.41. The van der Waals surface area contributed by atoms with Gasteiger partial charge >= 0.3 is 0 Å². The number of rotatable bonds is 7. The third-order valence-corrected chi connectivity index (χ3v) is 5.69. The summed E-state index contributed by atoms with van der Waals surface area (Å²) in [5, 5.41) is 4.72. The first-order valence-electron chi connectivity index (χ1n) is 7.35. The first kappa shape index (κ1) is 17.7. The molecule has 5 nitrogen and oxygen atoms in total. The average Bonchev–Trinajstić information content (AvgIpc) is 3.06. The summed E-state index contributed by atoms with van der Waals surface area (Å²) < 4.78 is 27.2. The summed E-state index contributed by atoms with van der Waals surface area (Å²) in [6, 6.07) is 9.84. The van der Waals surface area contributed by atoms with Gasteiger partial charge in [-0.15, -0.1) is 11.3 Å². The Kier molecular flexibility index (Phi) is 5.92. The SMILES string of the molecule is CCC(C)NC(=O)c1cccc(S(=O)(=O)NCc2cccs2)c1. The zero-order valence-electron chi connectivity index (χ0n) is 13.1. The molecule has 0 radical (unpaired) electrons. The summed E-state index contributed by atoms with van der Waals surface area (Å²) in [6.45, 7) is 4.12. The standard InChI is InChI=1S/C16H20N2O3S2/c1-3-12(2)18-16(19)13-6-4-8-15(10-13)23(20,21)17-11-14-7-5-9-22-14/h4-10,12,17H,3,11H2,1-2H3,(H,18,19). The van der Waals surface area contributed by atoms with Crippen molar-refractivity contribution in [1.29, 1.82) is 0 Å². The van der Waals surface area contributed by atoms with Crippen LogP contribution in [0.25, 0.3) is 0 Å². The molecule has 2 aromatic rings. The number of carbonyl (C=O) groups excluding carboxylic acids is 1. The summed E-state index contributed by atoms with van der Waals surface area (Å²) >= 11 is 1.49. The van der Waals surface area contributed by atoms with Crippen LogP contribution in [0.3, 0.4) is 0 Å². The van der Waals surface area contributed by atoms with E-state index in [-0.39, 0.29) is 23.4 Å². The summed E-state index contributed by atoms with van der Waals surface area (Å²) in [6.07, 6.45) is 0.812. The monoisotopic (exact) mass is 352 g/mol. The van der Waals surface area contributed by atoms with E-state index in [0.29, 0.717) is 5.56 Å². The van der Waals surface area contributed by atoms with Crippen LogP contribution in [0.2, 0.25) is 0 Å². The Balaban J connectivity index is 2.13. The fraction of sp³-hybridized carbons (Fsp3) is 0.312. The van der Waals surface area contributed by atoms with E-state index in [1.807, 2.05) is 31.4 Å². The van der Waals surface area contributed by atoms with E-state index in [9.17, 15) is 13.2 Å². The highest BCUT2D eigenvalue weighted by molar-refractivity contribution is 7.89. The van der Waals surface area contributed by atoms with Gasteiger partial charge in [-0.1, -0.05) is 19.1 Å². The molecule has 0 spiro atoms. The molecule has 0 aliphatic heterocycles. The third kappa shape index (κ3) is 4.89. The van der Waals surface area contributed by atoms with Crippen molar-refractivity contribution in [1.82, 2.24) is 10.0 Å². The Bertz CT molecular complexity index is 755. The van der Waals surface area contributed by atoms with Crippen molar-refractivity contribution in [2.75, 3.05) is 0 Å². The molecule has 0 aliphatic rings. The Hall–Kier alpha value is -1.70. The lowest BCUT2D eigenvalue weighted by molar-refractivity contribution is 0.0939. The van der Waals surface area contributed by atoms with Crippen molar-refractivity contribution in [3.05, 3.63) is 52.2 Å². The summed E-state index contributed by atoms with van der Waals surface area (Å²) in [5.41, 5.74) is 0.337. The minimum absolute atomic E-state index is 0.0414. The van der Waals surface area contributed by atoms with E-state index in [0.717, 1.165) is 11.3 Å². The topological polar surface area (TPSA) is 75.3 Å². The Morgan fingerprint density at radius 1 is 1.26 bits per heavy atom. The molecule has 1 atom stereocenters. The highest BCUT2D eigenvalue weighted by atomic mass is 32.2. The molecular weight excluding hydrogens is 332 g/mol. The second kappa shape index (κ2) is 7.72. The van der Waals surface area contributed by atoms with Gasteiger partial charge in [-0.05, 0) is 43.0 Å². The van der Waals surface area contributed by atoms with Gasteiger partial charge in [0.25, 0.3) is 5.91 Å². The number of hydrogen-bond donors (Lipinski definition) is 2. The summed E-state index contributed by atoms with van der Waals surface area (Å²) in [7, 11) is -3.65. The number of nitrogens with one attached hydrogen (secondary N) is 2. The highest BCUT2D eigenvalue weighted by Crippen LogP contribution is 2.14. The van der Waals surface area contributed by atoms with Gasteiger partial charge in [-0.25, -0.2) is 13.1 Å². The van der Waals surface area contributed by atoms with Crippen LogP contribution in [-0.2, 0) is 16.6 Å². The van der Waals surface area contributed by atoms with Gasteiger partial charge in [0, 0.05) is 23.0 Å². The molecule has 23 heavy (non-hydrogen) atoms. The van der Waals surface area contributed by atoms with E-state index in [1.165, 1.54) is 23.5 Å². The van der Waals surface area contributed by atoms with Crippen LogP contribution in [-0.4, -0.2) is 20.4 Å². The quantitative estimate of drug-likeness (QED) is 0.804. The second-order valence-electron chi connectivity index (χ2n) is 5.21. The van der Waals surface area contributed by atoms with E-state index >= 15 is 0 Å². The van der Waals surface area contributed by atoms with E-state index in [4.69, 9.17) is 0 Å². The van der Waals surface area contributed by atoms with Gasteiger partial charge in [-0.3, -0.25) is 4.79 Å². The Morgan fingerprint density at radius 2 is 2.04 bits per heavy atom. The van der Waals surface area contributed by atoms with Crippen LogP contribution < -0.4 is 10.0 Å². The zero-order chi connectivity index (χ0) is 16.9. The largest absolute Gasteiger partial charge is 0.350 e. The van der Waals surface area contributed by atoms with E-state index in [1.54, 1.807) is 12.1 Å². The van der Waals surface area contributed by atoms with Gasteiger partial charge < -0.3 is 5.32 Å². The first-order valence-corrected chi connectivity index (χ1v) is 9.71. The molecule has 0 saturated carbocycles. The van der Waals surface area contributed by atoms with Crippen molar-refractivity contribution in [2.24, 2.45) is 0 Å². The normalized spacial score (nSPS) is 12.8. The van der Waals surface area contributed by atoms with Gasteiger partial charge in [0.1, 0.15) is 0 Å². The predicted molar refractivity (Wildman–Crippen MR) is 92.0 cm³/mol. The average molecular weight is 352 g/mol. The molecule has 1 heterocycles. The lowest BCUT2D eigenvalue weighted by atomic mass is 10.2.